The van der Waals surface area contributed by atoms with Gasteiger partial charge in [0.25, 0.3) is 15.5 Å². The van der Waals surface area contributed by atoms with Crippen LogP contribution in [0.4, 0.5) is 0 Å². The van der Waals surface area contributed by atoms with Crippen LogP contribution in [0, 0.1) is 0 Å². The Bertz CT molecular complexity index is 93.8. The van der Waals surface area contributed by atoms with Gasteiger partial charge in [-0.05, 0) is 11.1 Å². The van der Waals surface area contributed by atoms with Crippen LogP contribution in [0.2, 0.25) is 11.1 Å². The molecule has 0 aliphatic rings. The third-order valence-electron chi connectivity index (χ3n) is 1.32. The molecule has 10 heavy (non-hydrogen) atoms. The molecule has 0 amide bonds. The lowest BCUT2D eigenvalue weighted by atomic mass is 10.5. The summed E-state index contributed by atoms with van der Waals surface area (Å²) in [4.78, 5) is 10.0. The molecule has 0 aromatic heterocycles. The summed E-state index contributed by atoms with van der Waals surface area (Å²) in [7, 11) is -0.898. The van der Waals surface area contributed by atoms with E-state index in [1.54, 1.807) is 0 Å². The van der Waals surface area contributed by atoms with Crippen LogP contribution in [0.25, 0.3) is 0 Å². The molecule has 0 spiro atoms. The fourth-order valence-corrected chi connectivity index (χ4v) is 2.98. The maximum atomic E-state index is 10.0. The molecular weight excluding hydrogens is 144 g/mol. The molecule has 0 bridgehead atoms. The molecule has 0 aromatic rings. The van der Waals surface area contributed by atoms with E-state index in [2.05, 4.69) is 27.7 Å². The molecule has 0 saturated carbocycles. The predicted molar refractivity (Wildman–Crippen MR) is 43.1 cm³/mol. The second-order valence-corrected chi connectivity index (χ2v) is 6.28. The van der Waals surface area contributed by atoms with Gasteiger partial charge in [-0.1, -0.05) is 27.7 Å². The van der Waals surface area contributed by atoms with Crippen molar-refractivity contribution in [2.24, 2.45) is 0 Å². The van der Waals surface area contributed by atoms with Crippen LogP contribution in [-0.4, -0.2) is 15.5 Å². The van der Waals surface area contributed by atoms with Crippen molar-refractivity contribution in [3.05, 3.63) is 0 Å². The van der Waals surface area contributed by atoms with Gasteiger partial charge in [-0.15, -0.1) is 0 Å². The maximum Gasteiger partial charge on any atom is 0.289 e. The largest absolute Gasteiger partial charge is 0.519 e. The van der Waals surface area contributed by atoms with Crippen LogP contribution in [-0.2, 0) is 9.22 Å². The van der Waals surface area contributed by atoms with Crippen LogP contribution in [0.5, 0.6) is 0 Å². The average Bonchev–Trinajstić information content (AvgIpc) is 1.81. The van der Waals surface area contributed by atoms with Crippen molar-refractivity contribution in [2.75, 3.05) is 0 Å². The Morgan fingerprint density at radius 2 is 1.60 bits per heavy atom. The summed E-state index contributed by atoms with van der Waals surface area (Å²) in [6.07, 6.45) is 0. The van der Waals surface area contributed by atoms with Crippen LogP contribution in [0.15, 0.2) is 0 Å². The molecule has 0 atom stereocenters. The molecule has 0 aromatic carbocycles. The third-order valence-corrected chi connectivity index (χ3v) is 3.97. The van der Waals surface area contributed by atoms with Gasteiger partial charge in [-0.25, -0.2) is 0 Å². The quantitative estimate of drug-likeness (QED) is 0.463. The van der Waals surface area contributed by atoms with Crippen LogP contribution in [0.3, 0.4) is 0 Å². The van der Waals surface area contributed by atoms with E-state index in [1.807, 2.05) is 0 Å². The van der Waals surface area contributed by atoms with Crippen molar-refractivity contribution in [2.45, 2.75) is 38.8 Å². The zero-order valence-corrected chi connectivity index (χ0v) is 8.05. The second kappa shape index (κ2) is 4.49. The lowest BCUT2D eigenvalue weighted by Crippen LogP contribution is -2.24. The standard InChI is InChI=1S/C7H15O2Si/c1-6(2)10(7(3)4)9-5-8/h5-7H,1-4H3. The summed E-state index contributed by atoms with van der Waals surface area (Å²) in [5.74, 6) is 0. The molecule has 0 heterocycles. The summed E-state index contributed by atoms with van der Waals surface area (Å²) in [6, 6.07) is 0. The summed E-state index contributed by atoms with van der Waals surface area (Å²) < 4.78 is 4.99. The topological polar surface area (TPSA) is 26.3 Å². The van der Waals surface area contributed by atoms with E-state index in [-0.39, 0.29) is 0 Å². The number of hydrogen-bond acceptors (Lipinski definition) is 2. The number of rotatable bonds is 4. The zero-order chi connectivity index (χ0) is 8.15. The van der Waals surface area contributed by atoms with E-state index >= 15 is 0 Å². The van der Waals surface area contributed by atoms with Gasteiger partial charge in [0, 0.05) is 0 Å². The average molecular weight is 159 g/mol. The molecule has 3 heteroatoms. The molecule has 2 nitrogen and oxygen atoms in total. The van der Waals surface area contributed by atoms with Crippen molar-refractivity contribution in [1.82, 2.24) is 0 Å². The Balaban J connectivity index is 3.84. The summed E-state index contributed by atoms with van der Waals surface area (Å²) in [5, 5.41) is 0. The van der Waals surface area contributed by atoms with E-state index in [9.17, 15) is 4.79 Å². The molecular formula is C7H15O2Si. The van der Waals surface area contributed by atoms with E-state index in [4.69, 9.17) is 4.43 Å². The highest BCUT2D eigenvalue weighted by Crippen LogP contribution is 2.19. The third kappa shape index (κ3) is 3.01. The Morgan fingerprint density at radius 1 is 1.20 bits per heavy atom. The minimum atomic E-state index is -0.898. The Labute approximate surface area is 64.3 Å². The van der Waals surface area contributed by atoms with Gasteiger partial charge in [-0.3, -0.25) is 4.79 Å². The summed E-state index contributed by atoms with van der Waals surface area (Å²) in [6.45, 7) is 8.96. The lowest BCUT2D eigenvalue weighted by Gasteiger charge is -2.18. The number of carbonyl (C=O) groups is 1. The van der Waals surface area contributed by atoms with E-state index in [1.165, 1.54) is 0 Å². The second-order valence-electron chi connectivity index (χ2n) is 2.93. The van der Waals surface area contributed by atoms with Gasteiger partial charge in [0.05, 0.1) is 0 Å². The zero-order valence-electron chi connectivity index (χ0n) is 7.05. The molecule has 59 valence electrons. The lowest BCUT2D eigenvalue weighted by molar-refractivity contribution is -0.121. The normalized spacial score (nSPS) is 11.1. The van der Waals surface area contributed by atoms with Crippen molar-refractivity contribution >= 4 is 15.5 Å². The maximum absolute atomic E-state index is 10.0. The highest BCUT2D eigenvalue weighted by atomic mass is 28.3. The van der Waals surface area contributed by atoms with Gasteiger partial charge >= 0.3 is 0 Å². The van der Waals surface area contributed by atoms with Crippen molar-refractivity contribution in [1.29, 1.82) is 0 Å². The summed E-state index contributed by atoms with van der Waals surface area (Å²) >= 11 is 0. The fraction of sp³-hybridized carbons (Fsp3) is 0.857. The minimum Gasteiger partial charge on any atom is -0.519 e. The van der Waals surface area contributed by atoms with Gasteiger partial charge < -0.3 is 4.43 Å². The van der Waals surface area contributed by atoms with Crippen molar-refractivity contribution < 1.29 is 9.22 Å². The first-order valence-corrected chi connectivity index (χ1v) is 5.13. The van der Waals surface area contributed by atoms with Gasteiger partial charge in [0.2, 0.25) is 0 Å². The highest BCUT2D eigenvalue weighted by molar-refractivity contribution is 6.56. The molecule has 0 aliphatic carbocycles. The smallest absolute Gasteiger partial charge is 0.289 e. The SMILES string of the molecule is CC(C)[Si](OC=O)C(C)C. The molecule has 0 unspecified atom stereocenters. The van der Waals surface area contributed by atoms with Gasteiger partial charge in [0.15, 0.2) is 0 Å². The van der Waals surface area contributed by atoms with Crippen molar-refractivity contribution in [3.63, 3.8) is 0 Å². The molecule has 0 saturated heterocycles. The fourth-order valence-electron chi connectivity index (χ4n) is 0.994. The Kier molecular flexibility index (Phi) is 4.35. The minimum absolute atomic E-state index is 0.509. The van der Waals surface area contributed by atoms with E-state index < -0.39 is 9.04 Å². The highest BCUT2D eigenvalue weighted by Gasteiger charge is 2.22. The molecule has 0 fully saturated rings. The van der Waals surface area contributed by atoms with E-state index in [0.29, 0.717) is 17.6 Å². The molecule has 0 rings (SSSR count). The van der Waals surface area contributed by atoms with Crippen LogP contribution < -0.4 is 0 Å². The first-order valence-electron chi connectivity index (χ1n) is 3.56. The Hall–Kier alpha value is -0.313. The number of hydrogen-bond donors (Lipinski definition) is 0. The van der Waals surface area contributed by atoms with Crippen LogP contribution >= 0.6 is 0 Å². The summed E-state index contributed by atoms with van der Waals surface area (Å²) in [5.41, 5.74) is 1.02. The number of carbonyl (C=O) groups excluding carboxylic acids is 1. The van der Waals surface area contributed by atoms with Crippen LogP contribution in [0.1, 0.15) is 27.7 Å². The molecule has 0 N–H and O–H groups in total. The Morgan fingerprint density at radius 3 is 1.70 bits per heavy atom. The first-order chi connectivity index (χ1) is 4.59. The van der Waals surface area contributed by atoms with E-state index in [0.717, 1.165) is 0 Å². The molecule has 0 aliphatic heterocycles. The first kappa shape index (κ1) is 9.69. The van der Waals surface area contributed by atoms with Gasteiger partial charge in [0.1, 0.15) is 0 Å². The monoisotopic (exact) mass is 159 g/mol. The predicted octanol–water partition coefficient (Wildman–Crippen LogP) is 1.97. The van der Waals surface area contributed by atoms with Crippen molar-refractivity contribution in [3.8, 4) is 0 Å². The molecule has 1 radical (unpaired) electrons. The van der Waals surface area contributed by atoms with Gasteiger partial charge in [-0.2, -0.15) is 0 Å².